The van der Waals surface area contributed by atoms with Gasteiger partial charge in [0.2, 0.25) is 0 Å². The van der Waals surface area contributed by atoms with Gasteiger partial charge in [-0.15, -0.1) is 0 Å². The molecule has 0 spiro atoms. The van der Waals surface area contributed by atoms with Gasteiger partial charge < -0.3 is 11.1 Å². The quantitative estimate of drug-likeness (QED) is 0.817. The molecule has 1 aromatic heterocycles. The van der Waals surface area contributed by atoms with E-state index in [4.69, 9.17) is 18.0 Å². The van der Waals surface area contributed by atoms with Crippen LogP contribution in [0.1, 0.15) is 42.6 Å². The van der Waals surface area contributed by atoms with E-state index in [0.29, 0.717) is 16.6 Å². The van der Waals surface area contributed by atoms with Gasteiger partial charge in [0.05, 0.1) is 11.0 Å². The summed E-state index contributed by atoms with van der Waals surface area (Å²) in [6.45, 7) is 0. The number of aryl methyl sites for hydroxylation is 1. The first-order valence-electron chi connectivity index (χ1n) is 6.68. The molecule has 0 bridgehead atoms. The van der Waals surface area contributed by atoms with Gasteiger partial charge in [-0.2, -0.15) is 5.10 Å². The lowest BCUT2D eigenvalue weighted by Crippen LogP contribution is -2.49. The summed E-state index contributed by atoms with van der Waals surface area (Å²) in [5.41, 5.74) is 6.33. The molecule has 104 valence electrons. The van der Waals surface area contributed by atoms with E-state index >= 15 is 0 Å². The van der Waals surface area contributed by atoms with E-state index in [1.54, 1.807) is 24.0 Å². The van der Waals surface area contributed by atoms with Crippen LogP contribution >= 0.6 is 12.2 Å². The van der Waals surface area contributed by atoms with Crippen molar-refractivity contribution >= 4 is 23.1 Å². The fraction of sp³-hybridized carbons (Fsp3) is 0.615. The molecule has 1 aromatic rings. The Bertz CT molecular complexity index is 465. The number of rotatable bonds is 4. The van der Waals surface area contributed by atoms with Crippen molar-refractivity contribution in [1.82, 2.24) is 15.1 Å². The first kappa shape index (κ1) is 14.0. The molecule has 5 nitrogen and oxygen atoms in total. The zero-order chi connectivity index (χ0) is 13.8. The number of amides is 1. The van der Waals surface area contributed by atoms with Gasteiger partial charge in [-0.25, -0.2) is 0 Å². The summed E-state index contributed by atoms with van der Waals surface area (Å²) < 4.78 is 1.55. The molecule has 6 heteroatoms. The number of nitrogens with zero attached hydrogens (tertiary/aromatic N) is 2. The van der Waals surface area contributed by atoms with Gasteiger partial charge in [0.15, 0.2) is 0 Å². The van der Waals surface area contributed by atoms with E-state index in [2.05, 4.69) is 10.4 Å². The van der Waals surface area contributed by atoms with E-state index in [9.17, 15) is 4.79 Å². The SMILES string of the molecule is Cn1nccc1C(=O)NC(C(N)=S)C1CCCCC1. The van der Waals surface area contributed by atoms with Gasteiger partial charge in [0.1, 0.15) is 5.69 Å². The maximum atomic E-state index is 12.2. The number of aromatic nitrogens is 2. The Hall–Kier alpha value is -1.43. The number of carbonyl (C=O) groups excluding carboxylic acids is 1. The van der Waals surface area contributed by atoms with E-state index in [-0.39, 0.29) is 11.9 Å². The van der Waals surface area contributed by atoms with Crippen LogP contribution < -0.4 is 11.1 Å². The number of nitrogens with two attached hydrogens (primary N) is 1. The third kappa shape index (κ3) is 3.32. The number of nitrogens with one attached hydrogen (secondary N) is 1. The second-order valence-corrected chi connectivity index (χ2v) is 5.56. The van der Waals surface area contributed by atoms with Crippen LogP contribution in [0, 0.1) is 5.92 Å². The highest BCUT2D eigenvalue weighted by molar-refractivity contribution is 7.80. The first-order chi connectivity index (χ1) is 9.09. The first-order valence-corrected chi connectivity index (χ1v) is 7.08. The molecule has 1 saturated carbocycles. The molecular formula is C13H20N4OS. The van der Waals surface area contributed by atoms with Crippen molar-refractivity contribution in [1.29, 1.82) is 0 Å². The average Bonchev–Trinajstić information content (AvgIpc) is 2.82. The summed E-state index contributed by atoms with van der Waals surface area (Å²) in [6, 6.07) is 1.48. The van der Waals surface area contributed by atoms with Crippen LogP contribution in [0.2, 0.25) is 0 Å². The largest absolute Gasteiger partial charge is 0.392 e. The monoisotopic (exact) mass is 280 g/mol. The summed E-state index contributed by atoms with van der Waals surface area (Å²) in [4.78, 5) is 12.6. The fourth-order valence-corrected chi connectivity index (χ4v) is 2.95. The maximum Gasteiger partial charge on any atom is 0.270 e. The van der Waals surface area contributed by atoms with Crippen molar-refractivity contribution in [2.75, 3.05) is 0 Å². The topological polar surface area (TPSA) is 72.9 Å². The predicted molar refractivity (Wildman–Crippen MR) is 77.8 cm³/mol. The van der Waals surface area contributed by atoms with Crippen LogP contribution in [0.4, 0.5) is 0 Å². The van der Waals surface area contributed by atoms with E-state index < -0.39 is 0 Å². The van der Waals surface area contributed by atoms with Crippen molar-refractivity contribution in [2.24, 2.45) is 18.7 Å². The van der Waals surface area contributed by atoms with Crippen LogP contribution in [0.3, 0.4) is 0 Å². The molecule has 1 heterocycles. The van der Waals surface area contributed by atoms with Crippen LogP contribution in [0.5, 0.6) is 0 Å². The molecule has 0 radical (unpaired) electrons. The number of hydrogen-bond acceptors (Lipinski definition) is 3. The van der Waals surface area contributed by atoms with Crippen LogP contribution in [-0.2, 0) is 7.05 Å². The number of thiocarbonyl (C=S) groups is 1. The predicted octanol–water partition coefficient (Wildman–Crippen LogP) is 1.38. The lowest BCUT2D eigenvalue weighted by molar-refractivity contribution is 0.0922. The molecule has 2 rings (SSSR count). The molecule has 1 aliphatic carbocycles. The zero-order valence-electron chi connectivity index (χ0n) is 11.1. The normalized spacial score (nSPS) is 17.9. The van der Waals surface area contributed by atoms with Gasteiger partial charge in [0, 0.05) is 13.2 Å². The molecule has 0 aromatic carbocycles. The zero-order valence-corrected chi connectivity index (χ0v) is 11.9. The molecular weight excluding hydrogens is 260 g/mol. The molecule has 19 heavy (non-hydrogen) atoms. The van der Waals surface area contributed by atoms with Gasteiger partial charge in [-0.3, -0.25) is 9.48 Å². The second-order valence-electron chi connectivity index (χ2n) is 5.09. The van der Waals surface area contributed by atoms with Crippen molar-refractivity contribution in [2.45, 2.75) is 38.1 Å². The van der Waals surface area contributed by atoms with Crippen molar-refractivity contribution in [3.05, 3.63) is 18.0 Å². The average molecular weight is 280 g/mol. The molecule has 1 amide bonds. The highest BCUT2D eigenvalue weighted by Gasteiger charge is 2.28. The van der Waals surface area contributed by atoms with E-state index in [1.807, 2.05) is 0 Å². The van der Waals surface area contributed by atoms with Crippen LogP contribution in [0.15, 0.2) is 12.3 Å². The third-order valence-corrected chi connectivity index (χ3v) is 4.02. The summed E-state index contributed by atoms with van der Waals surface area (Å²) in [5, 5.41) is 6.96. The summed E-state index contributed by atoms with van der Waals surface area (Å²) in [7, 11) is 1.74. The van der Waals surface area contributed by atoms with Gasteiger partial charge in [0.25, 0.3) is 5.91 Å². The highest BCUT2D eigenvalue weighted by Crippen LogP contribution is 2.26. The van der Waals surface area contributed by atoms with Gasteiger partial charge in [-0.05, 0) is 24.8 Å². The Morgan fingerprint density at radius 3 is 2.74 bits per heavy atom. The number of hydrogen-bond donors (Lipinski definition) is 2. The van der Waals surface area contributed by atoms with Gasteiger partial charge >= 0.3 is 0 Å². The van der Waals surface area contributed by atoms with E-state index in [1.165, 1.54) is 19.3 Å². The van der Waals surface area contributed by atoms with Crippen molar-refractivity contribution in [3.8, 4) is 0 Å². The Morgan fingerprint density at radius 1 is 1.53 bits per heavy atom. The Balaban J connectivity index is 2.06. The fourth-order valence-electron chi connectivity index (χ4n) is 2.70. The molecule has 0 saturated heterocycles. The molecule has 1 atom stereocenters. The lowest BCUT2D eigenvalue weighted by atomic mass is 9.84. The third-order valence-electron chi connectivity index (χ3n) is 3.77. The Morgan fingerprint density at radius 2 is 2.21 bits per heavy atom. The van der Waals surface area contributed by atoms with Gasteiger partial charge in [-0.1, -0.05) is 31.5 Å². The summed E-state index contributed by atoms with van der Waals surface area (Å²) in [6.07, 6.45) is 7.39. The maximum absolute atomic E-state index is 12.2. The van der Waals surface area contributed by atoms with Crippen LogP contribution in [-0.4, -0.2) is 26.7 Å². The van der Waals surface area contributed by atoms with Crippen molar-refractivity contribution < 1.29 is 4.79 Å². The number of carbonyl (C=O) groups is 1. The molecule has 1 unspecified atom stereocenters. The molecule has 3 N–H and O–H groups in total. The van der Waals surface area contributed by atoms with E-state index in [0.717, 1.165) is 12.8 Å². The Kier molecular flexibility index (Phi) is 4.52. The summed E-state index contributed by atoms with van der Waals surface area (Å²) >= 11 is 5.12. The van der Waals surface area contributed by atoms with Crippen LogP contribution in [0.25, 0.3) is 0 Å². The Labute approximate surface area is 118 Å². The smallest absolute Gasteiger partial charge is 0.270 e. The molecule has 1 fully saturated rings. The minimum absolute atomic E-state index is 0.164. The summed E-state index contributed by atoms with van der Waals surface area (Å²) in [5.74, 6) is 0.201. The highest BCUT2D eigenvalue weighted by atomic mass is 32.1. The minimum atomic E-state index is -0.210. The second kappa shape index (κ2) is 6.14. The molecule has 0 aliphatic heterocycles. The molecule has 1 aliphatic rings. The van der Waals surface area contributed by atoms with Crippen molar-refractivity contribution in [3.63, 3.8) is 0 Å². The lowest BCUT2D eigenvalue weighted by Gasteiger charge is -2.30. The minimum Gasteiger partial charge on any atom is -0.392 e. The standard InChI is InChI=1S/C13H20N4OS/c1-17-10(7-8-15-17)13(18)16-11(12(14)19)9-5-3-2-4-6-9/h7-9,11H,2-6H2,1H3,(H2,14,19)(H,16,18).